The van der Waals surface area contributed by atoms with Gasteiger partial charge in [0, 0.05) is 47.6 Å². The highest BCUT2D eigenvalue weighted by atomic mass is 35.5. The van der Waals surface area contributed by atoms with E-state index in [9.17, 15) is 0 Å². The Balaban J connectivity index is 1.49. The van der Waals surface area contributed by atoms with Crippen molar-refractivity contribution in [2.75, 3.05) is 0 Å². The van der Waals surface area contributed by atoms with Crippen molar-refractivity contribution in [3.8, 4) is 0 Å². The molecule has 0 atom stereocenters. The summed E-state index contributed by atoms with van der Waals surface area (Å²) in [6, 6.07) is 16.8. The van der Waals surface area contributed by atoms with Crippen molar-refractivity contribution in [1.29, 1.82) is 0 Å². The van der Waals surface area contributed by atoms with E-state index in [4.69, 9.17) is 11.6 Å². The first-order chi connectivity index (χ1) is 12.8. The Hall–Kier alpha value is -2.52. The van der Waals surface area contributed by atoms with Crippen molar-refractivity contribution in [2.45, 2.75) is 32.4 Å². The molecule has 4 rings (SSSR count). The van der Waals surface area contributed by atoms with Gasteiger partial charge in [-0.05, 0) is 48.6 Å². The van der Waals surface area contributed by atoms with Gasteiger partial charge in [0.25, 0.3) is 0 Å². The summed E-state index contributed by atoms with van der Waals surface area (Å²) >= 11 is 6.01. The third-order valence-corrected chi connectivity index (χ3v) is 5.06. The van der Waals surface area contributed by atoms with Crippen LogP contribution in [0.25, 0.3) is 10.9 Å². The van der Waals surface area contributed by atoms with Gasteiger partial charge in [-0.1, -0.05) is 41.9 Å². The molecule has 0 spiro atoms. The molecule has 0 bridgehead atoms. The molecule has 132 valence electrons. The molecule has 0 radical (unpaired) electrons. The minimum Gasteiger partial charge on any atom is -0.343 e. The first-order valence-corrected chi connectivity index (χ1v) is 9.44. The molecule has 26 heavy (non-hydrogen) atoms. The predicted molar refractivity (Wildman–Crippen MR) is 108 cm³/mol. The normalized spacial score (nSPS) is 11.3. The van der Waals surface area contributed by atoms with E-state index < -0.39 is 0 Å². The van der Waals surface area contributed by atoms with Crippen LogP contribution in [0.3, 0.4) is 0 Å². The fourth-order valence-corrected chi connectivity index (χ4v) is 3.59. The standard InChI is InChI=1S/C22H22ClN3/c23-20-10-8-18(9-11-20)15-26-16-19(21-6-1-2-7-22(21)26)5-3-4-13-25-14-12-24-17-25/h1-2,6-12,14,16-17H,3-5,13,15H2. The topological polar surface area (TPSA) is 22.8 Å². The summed E-state index contributed by atoms with van der Waals surface area (Å²) in [6.07, 6.45) is 11.5. The number of halogens is 1. The van der Waals surface area contributed by atoms with Crippen molar-refractivity contribution >= 4 is 22.5 Å². The molecule has 2 aromatic carbocycles. The maximum Gasteiger partial charge on any atom is 0.0945 e. The van der Waals surface area contributed by atoms with Crippen LogP contribution in [-0.2, 0) is 19.5 Å². The number of fused-ring (bicyclic) bond motifs is 1. The number of benzene rings is 2. The number of hydrogen-bond acceptors (Lipinski definition) is 1. The zero-order valence-electron chi connectivity index (χ0n) is 14.7. The van der Waals surface area contributed by atoms with Gasteiger partial charge in [-0.2, -0.15) is 0 Å². The van der Waals surface area contributed by atoms with Gasteiger partial charge in [-0.3, -0.25) is 0 Å². The molecule has 0 saturated heterocycles. The molecule has 0 amide bonds. The molecule has 2 heterocycles. The Morgan fingerprint density at radius 2 is 1.81 bits per heavy atom. The second kappa shape index (κ2) is 7.79. The fourth-order valence-electron chi connectivity index (χ4n) is 3.47. The van der Waals surface area contributed by atoms with Crippen LogP contribution in [0.1, 0.15) is 24.0 Å². The summed E-state index contributed by atoms with van der Waals surface area (Å²) in [5.74, 6) is 0. The molecule has 2 aromatic heterocycles. The molecular weight excluding hydrogens is 342 g/mol. The van der Waals surface area contributed by atoms with E-state index in [2.05, 4.69) is 56.7 Å². The smallest absolute Gasteiger partial charge is 0.0945 e. The van der Waals surface area contributed by atoms with Gasteiger partial charge >= 0.3 is 0 Å². The van der Waals surface area contributed by atoms with Crippen LogP contribution < -0.4 is 0 Å². The number of aromatic nitrogens is 3. The van der Waals surface area contributed by atoms with Gasteiger partial charge < -0.3 is 9.13 Å². The third kappa shape index (κ3) is 3.83. The molecule has 4 heteroatoms. The lowest BCUT2D eigenvalue weighted by atomic mass is 10.1. The van der Waals surface area contributed by atoms with E-state index in [0.717, 1.165) is 31.0 Å². The van der Waals surface area contributed by atoms with Gasteiger partial charge in [-0.25, -0.2) is 4.98 Å². The predicted octanol–water partition coefficient (Wildman–Crippen LogP) is 5.56. The molecule has 0 saturated carbocycles. The van der Waals surface area contributed by atoms with E-state index >= 15 is 0 Å². The number of rotatable bonds is 7. The Morgan fingerprint density at radius 1 is 0.962 bits per heavy atom. The summed E-state index contributed by atoms with van der Waals surface area (Å²) in [5.41, 5.74) is 3.99. The van der Waals surface area contributed by atoms with Crippen molar-refractivity contribution in [3.63, 3.8) is 0 Å². The van der Waals surface area contributed by atoms with Gasteiger partial charge in [0.1, 0.15) is 0 Å². The lowest BCUT2D eigenvalue weighted by Gasteiger charge is -2.05. The van der Waals surface area contributed by atoms with Gasteiger partial charge in [0.05, 0.1) is 6.33 Å². The van der Waals surface area contributed by atoms with Gasteiger partial charge in [0.2, 0.25) is 0 Å². The van der Waals surface area contributed by atoms with Crippen LogP contribution >= 0.6 is 11.6 Å². The third-order valence-electron chi connectivity index (χ3n) is 4.81. The van der Waals surface area contributed by atoms with Crippen molar-refractivity contribution in [3.05, 3.63) is 89.6 Å². The van der Waals surface area contributed by atoms with Crippen LogP contribution in [-0.4, -0.2) is 14.1 Å². The number of unbranched alkanes of at least 4 members (excludes halogenated alkanes) is 1. The zero-order chi connectivity index (χ0) is 17.8. The summed E-state index contributed by atoms with van der Waals surface area (Å²) in [7, 11) is 0. The molecule has 0 aliphatic carbocycles. The average molecular weight is 364 g/mol. The summed E-state index contributed by atoms with van der Waals surface area (Å²) in [4.78, 5) is 4.10. The van der Waals surface area contributed by atoms with E-state index in [-0.39, 0.29) is 0 Å². The number of nitrogens with zero attached hydrogens (tertiary/aromatic N) is 3. The Bertz CT molecular complexity index is 968. The number of para-hydroxylation sites is 1. The summed E-state index contributed by atoms with van der Waals surface area (Å²) in [6.45, 7) is 1.90. The Labute approximate surface area is 158 Å². The van der Waals surface area contributed by atoms with Crippen LogP contribution in [0.5, 0.6) is 0 Å². The molecule has 0 unspecified atom stereocenters. The molecular formula is C22H22ClN3. The molecule has 0 aliphatic heterocycles. The minimum atomic E-state index is 0.782. The first-order valence-electron chi connectivity index (χ1n) is 9.06. The number of imidazole rings is 1. The van der Waals surface area contributed by atoms with E-state index in [1.807, 2.05) is 30.9 Å². The Kier molecular flexibility index (Phi) is 5.07. The number of hydrogen-bond donors (Lipinski definition) is 0. The van der Waals surface area contributed by atoms with E-state index in [1.54, 1.807) is 0 Å². The van der Waals surface area contributed by atoms with Crippen LogP contribution in [0.15, 0.2) is 73.4 Å². The summed E-state index contributed by atoms with van der Waals surface area (Å²) < 4.78 is 4.49. The second-order valence-electron chi connectivity index (χ2n) is 6.68. The van der Waals surface area contributed by atoms with Crippen LogP contribution in [0.4, 0.5) is 0 Å². The highest BCUT2D eigenvalue weighted by molar-refractivity contribution is 6.30. The maximum absolute atomic E-state index is 6.01. The van der Waals surface area contributed by atoms with Crippen molar-refractivity contribution in [1.82, 2.24) is 14.1 Å². The van der Waals surface area contributed by atoms with Crippen molar-refractivity contribution in [2.24, 2.45) is 0 Å². The van der Waals surface area contributed by atoms with Gasteiger partial charge in [0.15, 0.2) is 0 Å². The highest BCUT2D eigenvalue weighted by Gasteiger charge is 2.08. The molecule has 0 aliphatic rings. The van der Waals surface area contributed by atoms with Crippen LogP contribution in [0, 0.1) is 0 Å². The monoisotopic (exact) mass is 363 g/mol. The van der Waals surface area contributed by atoms with E-state index in [1.165, 1.54) is 28.5 Å². The average Bonchev–Trinajstić information content (AvgIpc) is 3.30. The maximum atomic E-state index is 6.01. The largest absolute Gasteiger partial charge is 0.343 e. The molecule has 4 aromatic rings. The lowest BCUT2D eigenvalue weighted by Crippen LogP contribution is -1.97. The SMILES string of the molecule is Clc1ccc(Cn2cc(CCCCn3ccnc3)c3ccccc32)cc1. The fraction of sp³-hybridized carbons (Fsp3) is 0.227. The van der Waals surface area contributed by atoms with Gasteiger partial charge in [-0.15, -0.1) is 0 Å². The zero-order valence-corrected chi connectivity index (χ0v) is 15.4. The second-order valence-corrected chi connectivity index (χ2v) is 7.12. The van der Waals surface area contributed by atoms with Crippen molar-refractivity contribution < 1.29 is 0 Å². The van der Waals surface area contributed by atoms with E-state index in [0.29, 0.717) is 0 Å². The minimum absolute atomic E-state index is 0.782. The first kappa shape index (κ1) is 16.9. The lowest BCUT2D eigenvalue weighted by molar-refractivity contribution is 0.609. The van der Waals surface area contributed by atoms with Crippen LogP contribution in [0.2, 0.25) is 5.02 Å². The molecule has 0 N–H and O–H groups in total. The molecule has 3 nitrogen and oxygen atoms in total. The summed E-state index contributed by atoms with van der Waals surface area (Å²) in [5, 5.41) is 2.15. The molecule has 0 fully saturated rings. The Morgan fingerprint density at radius 3 is 2.62 bits per heavy atom. The highest BCUT2D eigenvalue weighted by Crippen LogP contribution is 2.24. The number of aryl methyl sites for hydroxylation is 2. The quantitative estimate of drug-likeness (QED) is 0.394.